The first-order valence-corrected chi connectivity index (χ1v) is 9.31. The number of halogens is 3. The lowest BCUT2D eigenvalue weighted by Crippen LogP contribution is -2.24. The average molecular weight is 412 g/mol. The second-order valence-corrected chi connectivity index (χ2v) is 6.89. The third kappa shape index (κ3) is 2.92. The van der Waals surface area contributed by atoms with Crippen LogP contribution in [0.25, 0.3) is 16.6 Å². The molecule has 0 saturated carbocycles. The fourth-order valence-electron chi connectivity index (χ4n) is 3.22. The third-order valence-corrected chi connectivity index (χ3v) is 5.63. The Bertz CT molecular complexity index is 980. The Balaban J connectivity index is 2.58. The van der Waals surface area contributed by atoms with E-state index in [2.05, 4.69) is 0 Å². The molecule has 0 bridgehead atoms. The number of carbonyl (C=O) groups is 1. The molecule has 136 valence electrons. The van der Waals surface area contributed by atoms with Crippen molar-refractivity contribution >= 4 is 57.4 Å². The van der Waals surface area contributed by atoms with Crippen molar-refractivity contribution < 1.29 is 9.90 Å². The molecule has 0 aliphatic heterocycles. The number of fused-ring (bicyclic) bond motifs is 1. The highest BCUT2D eigenvalue weighted by atomic mass is 35.5. The van der Waals surface area contributed by atoms with Crippen molar-refractivity contribution in [3.05, 3.63) is 57.2 Å². The predicted octanol–water partition coefficient (Wildman–Crippen LogP) is 6.14. The molecular formula is C19H17Cl3N2O2. The van der Waals surface area contributed by atoms with Crippen LogP contribution in [-0.4, -0.2) is 28.7 Å². The molecular weight excluding hydrogens is 395 g/mol. The molecule has 1 N–H and O–H groups in total. The number of carboxylic acid groups (broad SMARTS) is 1. The van der Waals surface area contributed by atoms with E-state index < -0.39 is 5.97 Å². The van der Waals surface area contributed by atoms with Gasteiger partial charge in [-0.05, 0) is 32.0 Å². The fraction of sp³-hybridized carbons (Fsp3) is 0.211. The number of hydrogen-bond donors (Lipinski definition) is 1. The monoisotopic (exact) mass is 410 g/mol. The van der Waals surface area contributed by atoms with Gasteiger partial charge in [0.25, 0.3) is 0 Å². The normalized spacial score (nSPS) is 11.1. The van der Waals surface area contributed by atoms with Gasteiger partial charge in [0.2, 0.25) is 0 Å². The van der Waals surface area contributed by atoms with Crippen molar-refractivity contribution in [1.29, 1.82) is 0 Å². The first kappa shape index (κ1) is 18.9. The zero-order valence-corrected chi connectivity index (χ0v) is 16.5. The van der Waals surface area contributed by atoms with Crippen LogP contribution in [0.4, 0.5) is 5.69 Å². The van der Waals surface area contributed by atoms with E-state index in [0.717, 1.165) is 0 Å². The van der Waals surface area contributed by atoms with Gasteiger partial charge in [0.15, 0.2) is 5.69 Å². The zero-order valence-electron chi connectivity index (χ0n) is 14.3. The molecule has 0 aliphatic rings. The second kappa shape index (κ2) is 7.39. The van der Waals surface area contributed by atoms with Crippen LogP contribution < -0.4 is 4.90 Å². The summed E-state index contributed by atoms with van der Waals surface area (Å²) in [6.07, 6.45) is 0. The van der Waals surface area contributed by atoms with Gasteiger partial charge in [-0.15, -0.1) is 0 Å². The largest absolute Gasteiger partial charge is 0.476 e. The van der Waals surface area contributed by atoms with E-state index >= 15 is 0 Å². The molecule has 1 aromatic heterocycles. The standard InChI is InChI=1S/C19H17Cl3N2O2/c1-3-23(4-2)17-14-13(10-12(20)15(21)16(14)22)24(18(17)19(25)26)11-8-6-5-7-9-11/h5-10H,3-4H2,1-2H3,(H,25,26). The van der Waals surface area contributed by atoms with E-state index in [1.54, 1.807) is 10.6 Å². The van der Waals surface area contributed by atoms with Crippen molar-refractivity contribution in [3.8, 4) is 5.69 Å². The summed E-state index contributed by atoms with van der Waals surface area (Å²) in [5.74, 6) is -1.05. The van der Waals surface area contributed by atoms with Crippen molar-refractivity contribution in [2.45, 2.75) is 13.8 Å². The summed E-state index contributed by atoms with van der Waals surface area (Å²) in [5, 5.41) is 11.4. The van der Waals surface area contributed by atoms with Crippen LogP contribution in [0.3, 0.4) is 0 Å². The van der Waals surface area contributed by atoms with E-state index in [0.29, 0.717) is 35.4 Å². The van der Waals surface area contributed by atoms with Crippen molar-refractivity contribution in [1.82, 2.24) is 4.57 Å². The van der Waals surface area contributed by atoms with Crippen LogP contribution in [-0.2, 0) is 0 Å². The van der Waals surface area contributed by atoms with E-state index in [9.17, 15) is 9.90 Å². The van der Waals surface area contributed by atoms with Gasteiger partial charge in [-0.1, -0.05) is 53.0 Å². The minimum Gasteiger partial charge on any atom is -0.476 e. The molecule has 0 radical (unpaired) electrons. The number of benzene rings is 2. The number of nitrogens with zero attached hydrogens (tertiary/aromatic N) is 2. The Kier molecular flexibility index (Phi) is 5.37. The smallest absolute Gasteiger partial charge is 0.355 e. The first-order valence-electron chi connectivity index (χ1n) is 8.17. The molecule has 0 unspecified atom stereocenters. The number of hydrogen-bond acceptors (Lipinski definition) is 2. The lowest BCUT2D eigenvalue weighted by Gasteiger charge is -2.22. The topological polar surface area (TPSA) is 45.5 Å². The van der Waals surface area contributed by atoms with Crippen molar-refractivity contribution in [2.24, 2.45) is 0 Å². The molecule has 26 heavy (non-hydrogen) atoms. The highest BCUT2D eigenvalue weighted by molar-refractivity contribution is 6.51. The Hall–Kier alpha value is -1.88. The molecule has 0 spiro atoms. The molecule has 0 amide bonds. The van der Waals surface area contributed by atoms with E-state index in [-0.39, 0.29) is 20.8 Å². The molecule has 2 aromatic carbocycles. The molecule has 3 aromatic rings. The van der Waals surface area contributed by atoms with Gasteiger partial charge in [-0.25, -0.2) is 4.79 Å². The number of para-hydroxylation sites is 1. The fourth-order valence-corrected chi connectivity index (χ4v) is 3.90. The number of aromatic carboxylic acids is 1. The summed E-state index contributed by atoms with van der Waals surface area (Å²) >= 11 is 19.0. The quantitative estimate of drug-likeness (QED) is 0.513. The molecule has 3 rings (SSSR count). The van der Waals surface area contributed by atoms with Gasteiger partial charge in [0.05, 0.1) is 26.3 Å². The van der Waals surface area contributed by atoms with Crippen molar-refractivity contribution in [3.63, 3.8) is 0 Å². The maximum absolute atomic E-state index is 12.2. The number of rotatable bonds is 5. The summed E-state index contributed by atoms with van der Waals surface area (Å²) in [6, 6.07) is 10.9. The molecule has 4 nitrogen and oxygen atoms in total. The molecule has 7 heteroatoms. The number of anilines is 1. The van der Waals surface area contributed by atoms with Crippen LogP contribution in [0.1, 0.15) is 24.3 Å². The molecule has 0 fully saturated rings. The Morgan fingerprint density at radius 3 is 2.23 bits per heavy atom. The molecule has 1 heterocycles. The zero-order chi connectivity index (χ0) is 19.0. The second-order valence-electron chi connectivity index (χ2n) is 5.73. The van der Waals surface area contributed by atoms with E-state index in [1.165, 1.54) is 0 Å². The SMILES string of the molecule is CCN(CC)c1c(C(=O)O)n(-c2ccccc2)c2cc(Cl)c(Cl)c(Cl)c12. The summed E-state index contributed by atoms with van der Waals surface area (Å²) in [6.45, 7) is 5.18. The molecule has 0 saturated heterocycles. The Morgan fingerprint density at radius 1 is 1.08 bits per heavy atom. The average Bonchev–Trinajstić information content (AvgIpc) is 2.97. The maximum Gasteiger partial charge on any atom is 0.355 e. The highest BCUT2D eigenvalue weighted by Gasteiger charge is 2.29. The van der Waals surface area contributed by atoms with Gasteiger partial charge < -0.3 is 14.6 Å². The molecule has 0 atom stereocenters. The highest BCUT2D eigenvalue weighted by Crippen LogP contribution is 2.45. The van der Waals surface area contributed by atoms with Gasteiger partial charge >= 0.3 is 5.97 Å². The van der Waals surface area contributed by atoms with Crippen LogP contribution in [0.2, 0.25) is 15.1 Å². The van der Waals surface area contributed by atoms with Crippen LogP contribution >= 0.6 is 34.8 Å². The van der Waals surface area contributed by atoms with Gasteiger partial charge in [-0.2, -0.15) is 0 Å². The predicted molar refractivity (Wildman–Crippen MR) is 109 cm³/mol. The summed E-state index contributed by atoms with van der Waals surface area (Å²) in [5.41, 5.74) is 2.00. The van der Waals surface area contributed by atoms with Gasteiger partial charge in [0, 0.05) is 24.2 Å². The number of aromatic nitrogens is 1. The minimum atomic E-state index is -1.05. The van der Waals surface area contributed by atoms with Gasteiger partial charge in [0.1, 0.15) is 0 Å². The Morgan fingerprint density at radius 2 is 1.69 bits per heavy atom. The lowest BCUT2D eigenvalue weighted by molar-refractivity contribution is 0.0689. The van der Waals surface area contributed by atoms with Crippen LogP contribution in [0.5, 0.6) is 0 Å². The lowest BCUT2D eigenvalue weighted by atomic mass is 10.2. The summed E-state index contributed by atoms with van der Waals surface area (Å²) in [7, 11) is 0. The minimum absolute atomic E-state index is 0.134. The summed E-state index contributed by atoms with van der Waals surface area (Å²) in [4.78, 5) is 14.2. The maximum atomic E-state index is 12.2. The van der Waals surface area contributed by atoms with Crippen LogP contribution in [0, 0.1) is 0 Å². The van der Waals surface area contributed by atoms with E-state index in [1.807, 2.05) is 49.1 Å². The Labute approximate surface area is 166 Å². The van der Waals surface area contributed by atoms with Gasteiger partial charge in [-0.3, -0.25) is 0 Å². The third-order valence-electron chi connectivity index (χ3n) is 4.36. The van der Waals surface area contributed by atoms with Crippen LogP contribution in [0.15, 0.2) is 36.4 Å². The first-order chi connectivity index (χ1) is 12.4. The summed E-state index contributed by atoms with van der Waals surface area (Å²) < 4.78 is 1.67. The number of carboxylic acids is 1. The van der Waals surface area contributed by atoms with Crippen molar-refractivity contribution in [2.75, 3.05) is 18.0 Å². The van der Waals surface area contributed by atoms with E-state index in [4.69, 9.17) is 34.8 Å². The molecule has 0 aliphatic carbocycles.